The summed E-state index contributed by atoms with van der Waals surface area (Å²) in [5, 5.41) is 26.3. The van der Waals surface area contributed by atoms with Crippen LogP contribution in [0.15, 0.2) is 12.5 Å². The first kappa shape index (κ1) is 69.9. The van der Waals surface area contributed by atoms with Crippen LogP contribution in [0.2, 0.25) is 0 Å². The van der Waals surface area contributed by atoms with Crippen LogP contribution in [0.1, 0.15) is 179 Å². The Morgan fingerprint density at radius 3 is 1.78 bits per heavy atom. The van der Waals surface area contributed by atoms with Gasteiger partial charge in [-0.15, -0.1) is 0 Å². The van der Waals surface area contributed by atoms with Crippen LogP contribution < -0.4 is 27.4 Å². The number of unbranched alkanes of at least 4 members (excludes halogenated alkanes) is 14. The van der Waals surface area contributed by atoms with E-state index in [0.717, 1.165) is 57.1 Å². The van der Waals surface area contributed by atoms with Gasteiger partial charge < -0.3 is 61.6 Å². The van der Waals surface area contributed by atoms with Crippen molar-refractivity contribution in [3.63, 3.8) is 0 Å². The third-order valence-corrected chi connectivity index (χ3v) is 13.9. The van der Waals surface area contributed by atoms with Crippen molar-refractivity contribution >= 4 is 52.9 Å². The molecule has 2 heterocycles. The van der Waals surface area contributed by atoms with Crippen molar-refractivity contribution in [3.8, 4) is 0 Å². The number of aromatic nitrogens is 2. The predicted molar refractivity (Wildman–Crippen MR) is 294 cm³/mol. The second kappa shape index (κ2) is 45.5. The molecule has 0 aromatic carbocycles. The van der Waals surface area contributed by atoms with E-state index >= 15 is 0 Å². The lowest BCUT2D eigenvalue weighted by Gasteiger charge is -2.24. The third-order valence-electron chi connectivity index (χ3n) is 13.9. The number of nitrogens with two attached hydrogens (primary N) is 2. The highest BCUT2D eigenvalue weighted by molar-refractivity contribution is 5.88. The van der Waals surface area contributed by atoms with Gasteiger partial charge in [-0.05, 0) is 64.3 Å². The number of rotatable bonds is 54. The molecule has 4 amide bonds. The van der Waals surface area contributed by atoms with Gasteiger partial charge in [-0.1, -0.05) is 83.5 Å². The molecule has 79 heavy (non-hydrogen) atoms. The van der Waals surface area contributed by atoms with Crippen molar-refractivity contribution in [2.75, 3.05) is 79.0 Å². The molecule has 0 aliphatic carbocycles. The van der Waals surface area contributed by atoms with Gasteiger partial charge in [-0.3, -0.25) is 43.3 Å². The summed E-state index contributed by atoms with van der Waals surface area (Å²) >= 11 is 0. The highest BCUT2D eigenvalue weighted by Crippen LogP contribution is 2.22. The normalized spacial score (nSPS) is 14.6. The lowest BCUT2D eigenvalue weighted by atomic mass is 9.89. The molecule has 1 aliphatic heterocycles. The monoisotopic (exact) mass is 1120 g/mol. The minimum Gasteiger partial charge on any atom is -0.481 e. The number of hydrogen-bond acceptors (Lipinski definition) is 16. The Morgan fingerprint density at radius 1 is 0.620 bits per heavy atom. The summed E-state index contributed by atoms with van der Waals surface area (Å²) < 4.78 is 21.7. The van der Waals surface area contributed by atoms with Gasteiger partial charge in [0.05, 0.1) is 58.0 Å². The summed E-state index contributed by atoms with van der Waals surface area (Å²) in [6.45, 7) is 2.24. The summed E-state index contributed by atoms with van der Waals surface area (Å²) in [5.74, 6) is -4.02. The zero-order valence-corrected chi connectivity index (χ0v) is 47.0. The van der Waals surface area contributed by atoms with E-state index in [0.29, 0.717) is 64.5 Å². The number of carboxylic acids is 2. The number of aromatic amines is 1. The standard InChI is InChI=1S/C56H96N8O15/c57-46(37-44-38-59-42-62-44)49(66)27-24-43(50(67)39-64-30-17-21-48(64)55(58)73)19-15-16-28-60-52(69)40-79-36-34-77-32-29-61-53(70)41-78-35-33-76-31-18-20-45(65)25-26-47(56(74)75)63-51(68)22-13-11-9-7-5-3-1-2-4-6-8-10-12-14-23-54(71)72/h38,42-43,46-48H,1-37,39-41,57H2,(H2,58,73)(H,59,62)(H,60,69)(H,61,70)(H,63,68)(H,71,72)(H,74,75)/t43-,46+,47+,48+/m1/s1. The average molecular weight is 1120 g/mol. The summed E-state index contributed by atoms with van der Waals surface area (Å²) in [5.41, 5.74) is 12.4. The fraction of sp³-hybridized carbons (Fsp3) is 0.786. The molecule has 0 radical (unpaired) electrons. The maximum absolute atomic E-state index is 13.4. The molecular weight excluding hydrogens is 1020 g/mol. The number of aliphatic carboxylic acids is 2. The number of likely N-dealkylation sites (tertiary alicyclic amines) is 1. The highest BCUT2D eigenvalue weighted by Gasteiger charge is 2.32. The van der Waals surface area contributed by atoms with Crippen molar-refractivity contribution in [1.29, 1.82) is 0 Å². The third kappa shape index (κ3) is 37.4. The number of nitrogens with one attached hydrogen (secondary N) is 4. The molecule has 23 nitrogen and oxygen atoms in total. The smallest absolute Gasteiger partial charge is 0.326 e. The number of imidazole rings is 1. The van der Waals surface area contributed by atoms with E-state index < -0.39 is 41.9 Å². The van der Waals surface area contributed by atoms with E-state index in [1.54, 1.807) is 6.20 Å². The number of hydrogen-bond donors (Lipinski definition) is 8. The number of carbonyl (C=O) groups excluding carboxylic acids is 7. The van der Waals surface area contributed by atoms with E-state index in [4.69, 9.17) is 35.5 Å². The summed E-state index contributed by atoms with van der Waals surface area (Å²) in [4.78, 5) is 118. The number of ketones is 3. The molecule has 23 heteroatoms. The van der Waals surface area contributed by atoms with Crippen molar-refractivity contribution in [2.24, 2.45) is 17.4 Å². The minimum absolute atomic E-state index is 0.0200. The van der Waals surface area contributed by atoms with Gasteiger partial charge in [0.1, 0.15) is 36.6 Å². The summed E-state index contributed by atoms with van der Waals surface area (Å²) in [6, 6.07) is -2.32. The van der Waals surface area contributed by atoms with Gasteiger partial charge in [-0.2, -0.15) is 0 Å². The van der Waals surface area contributed by atoms with E-state index in [-0.39, 0.29) is 140 Å². The van der Waals surface area contributed by atoms with Crippen molar-refractivity contribution in [2.45, 2.75) is 198 Å². The first-order valence-corrected chi connectivity index (χ1v) is 29.1. The van der Waals surface area contributed by atoms with Gasteiger partial charge in [0.2, 0.25) is 23.6 Å². The van der Waals surface area contributed by atoms with Crippen LogP contribution >= 0.6 is 0 Å². The average Bonchev–Trinajstić information content (AvgIpc) is 4.12. The Morgan fingerprint density at radius 2 is 1.20 bits per heavy atom. The van der Waals surface area contributed by atoms with Gasteiger partial charge in [-0.25, -0.2) is 9.78 Å². The maximum Gasteiger partial charge on any atom is 0.326 e. The second-order valence-corrected chi connectivity index (χ2v) is 20.6. The van der Waals surface area contributed by atoms with Crippen molar-refractivity contribution < 1.29 is 72.3 Å². The molecule has 0 saturated carbocycles. The number of carbonyl (C=O) groups is 9. The maximum atomic E-state index is 13.4. The molecule has 1 aromatic rings. The van der Waals surface area contributed by atoms with Crippen LogP contribution in [-0.4, -0.2) is 175 Å². The molecule has 1 fully saturated rings. The van der Waals surface area contributed by atoms with Crippen molar-refractivity contribution in [1.82, 2.24) is 30.8 Å². The van der Waals surface area contributed by atoms with Crippen molar-refractivity contribution in [3.05, 3.63) is 18.2 Å². The molecule has 1 saturated heterocycles. The molecule has 1 aromatic heterocycles. The molecular formula is C56H96N8O15. The fourth-order valence-corrected chi connectivity index (χ4v) is 9.27. The van der Waals surface area contributed by atoms with Crippen LogP contribution in [-0.2, 0) is 68.5 Å². The first-order chi connectivity index (χ1) is 38.2. The van der Waals surface area contributed by atoms with Crippen LogP contribution in [0, 0.1) is 5.92 Å². The molecule has 450 valence electrons. The number of nitrogens with zero attached hydrogens (tertiary/aromatic N) is 2. The molecule has 2 rings (SSSR count). The predicted octanol–water partition coefficient (Wildman–Crippen LogP) is 4.26. The minimum atomic E-state index is -1.17. The number of Topliss-reactive ketones (excluding diaryl/α,β-unsaturated/α-hetero) is 3. The molecule has 10 N–H and O–H groups in total. The molecule has 0 unspecified atom stereocenters. The number of H-pyrrole nitrogens is 1. The topological polar surface area (TPSA) is 351 Å². The lowest BCUT2D eigenvalue weighted by molar-refractivity contribution is -0.142. The number of primary amides is 1. The zero-order valence-electron chi connectivity index (χ0n) is 47.0. The van der Waals surface area contributed by atoms with Gasteiger partial charge in [0, 0.05) is 76.0 Å². The number of carboxylic acid groups (broad SMARTS) is 2. The number of amides is 4. The Balaban J connectivity index is 1.41. The van der Waals surface area contributed by atoms with Crippen LogP contribution in [0.3, 0.4) is 0 Å². The van der Waals surface area contributed by atoms with E-state index in [2.05, 4.69) is 25.9 Å². The van der Waals surface area contributed by atoms with E-state index in [1.807, 2.05) is 4.90 Å². The first-order valence-electron chi connectivity index (χ1n) is 29.1. The molecule has 4 atom stereocenters. The Hall–Kier alpha value is -5.20. The van der Waals surface area contributed by atoms with Crippen LogP contribution in [0.25, 0.3) is 0 Å². The Kier molecular flexibility index (Phi) is 40.3. The quantitative estimate of drug-likeness (QED) is 0.0422. The van der Waals surface area contributed by atoms with Gasteiger partial charge in [0.25, 0.3) is 0 Å². The summed E-state index contributed by atoms with van der Waals surface area (Å²) in [6.07, 6.45) is 23.3. The Bertz CT molecular complexity index is 1890. The second-order valence-electron chi connectivity index (χ2n) is 20.6. The van der Waals surface area contributed by atoms with Gasteiger partial charge in [0.15, 0.2) is 0 Å². The Labute approximate surface area is 467 Å². The van der Waals surface area contributed by atoms with E-state index in [1.165, 1.54) is 44.9 Å². The van der Waals surface area contributed by atoms with Crippen LogP contribution in [0.5, 0.6) is 0 Å². The summed E-state index contributed by atoms with van der Waals surface area (Å²) in [7, 11) is 0. The molecule has 0 bridgehead atoms. The van der Waals surface area contributed by atoms with E-state index in [9.17, 15) is 48.3 Å². The highest BCUT2D eigenvalue weighted by atomic mass is 16.5. The lowest BCUT2D eigenvalue weighted by Crippen LogP contribution is -2.44. The largest absolute Gasteiger partial charge is 0.481 e. The number of ether oxygens (including phenoxy) is 4. The van der Waals surface area contributed by atoms with Crippen LogP contribution in [0.4, 0.5) is 0 Å². The van der Waals surface area contributed by atoms with Gasteiger partial charge >= 0.3 is 11.9 Å². The fourth-order valence-electron chi connectivity index (χ4n) is 9.27. The molecule has 1 aliphatic rings. The molecule has 0 spiro atoms. The zero-order chi connectivity index (χ0) is 57.7. The SMILES string of the molecule is NC(=O)[C@@H]1CCCN1CC(=O)[C@H](CCCCNC(=O)COCCOCCNC(=O)COCCOCCCC(=O)CC[C@H](NC(=O)CCCCCCCCCCCCCCCCC(=O)O)C(=O)O)CCC(=O)[C@@H](N)Cc1cnc[nH]1.